The van der Waals surface area contributed by atoms with E-state index in [0.717, 1.165) is 35.4 Å². The number of hydrogen-bond donors (Lipinski definition) is 1. The Kier molecular flexibility index (Phi) is 4.17. The van der Waals surface area contributed by atoms with Crippen molar-refractivity contribution in [1.82, 2.24) is 5.32 Å². The highest BCUT2D eigenvalue weighted by Crippen LogP contribution is 2.45. The molecule has 18 heavy (non-hydrogen) atoms. The second kappa shape index (κ2) is 5.49. The molecule has 0 aromatic heterocycles. The van der Waals surface area contributed by atoms with Gasteiger partial charge in [0.05, 0.1) is 14.2 Å². The smallest absolute Gasteiger partial charge is 0.141 e. The predicted octanol–water partition coefficient (Wildman–Crippen LogP) is 3.46. The topological polar surface area (TPSA) is 30.5 Å². The predicted molar refractivity (Wildman–Crippen MR) is 76.5 cm³/mol. The number of ether oxygens (including phenoxy) is 2. The Hall–Kier alpha value is -0.740. The van der Waals surface area contributed by atoms with E-state index < -0.39 is 0 Å². The molecule has 1 N–H and O–H groups in total. The Morgan fingerprint density at radius 3 is 2.61 bits per heavy atom. The van der Waals surface area contributed by atoms with E-state index in [-0.39, 0.29) is 5.54 Å². The number of rotatable bonds is 4. The van der Waals surface area contributed by atoms with Crippen molar-refractivity contribution >= 4 is 15.9 Å². The molecular weight excluding hydrogens is 294 g/mol. The SMILES string of the molecule is CCC1(c2ccc(OC)c(Br)c2OC)CCCN1. The van der Waals surface area contributed by atoms with Crippen LogP contribution in [0.4, 0.5) is 0 Å². The van der Waals surface area contributed by atoms with Crippen molar-refractivity contribution in [3.05, 3.63) is 22.2 Å². The molecule has 2 rings (SSSR count). The average Bonchev–Trinajstić information content (AvgIpc) is 2.88. The van der Waals surface area contributed by atoms with Crippen LogP contribution in [0.5, 0.6) is 11.5 Å². The fourth-order valence-corrected chi connectivity index (χ4v) is 3.47. The van der Waals surface area contributed by atoms with Gasteiger partial charge in [0, 0.05) is 11.1 Å². The quantitative estimate of drug-likeness (QED) is 0.923. The molecule has 0 saturated carbocycles. The van der Waals surface area contributed by atoms with Gasteiger partial charge in [0.1, 0.15) is 16.0 Å². The summed E-state index contributed by atoms with van der Waals surface area (Å²) < 4.78 is 11.8. The highest BCUT2D eigenvalue weighted by Gasteiger charge is 2.36. The molecule has 1 aliphatic heterocycles. The monoisotopic (exact) mass is 313 g/mol. The third-order valence-corrected chi connectivity index (χ3v) is 4.60. The zero-order chi connectivity index (χ0) is 13.2. The Labute approximate surface area is 117 Å². The van der Waals surface area contributed by atoms with Gasteiger partial charge in [0.2, 0.25) is 0 Å². The summed E-state index contributed by atoms with van der Waals surface area (Å²) in [6.07, 6.45) is 3.42. The fraction of sp³-hybridized carbons (Fsp3) is 0.571. The molecule has 0 aliphatic carbocycles. The van der Waals surface area contributed by atoms with Crippen molar-refractivity contribution in [3.8, 4) is 11.5 Å². The second-order valence-electron chi connectivity index (χ2n) is 4.63. The number of methoxy groups -OCH3 is 2. The minimum Gasteiger partial charge on any atom is -0.495 e. The van der Waals surface area contributed by atoms with E-state index in [1.54, 1.807) is 14.2 Å². The maximum atomic E-state index is 5.59. The maximum Gasteiger partial charge on any atom is 0.141 e. The van der Waals surface area contributed by atoms with E-state index in [1.165, 1.54) is 12.0 Å². The van der Waals surface area contributed by atoms with E-state index in [4.69, 9.17) is 9.47 Å². The van der Waals surface area contributed by atoms with Crippen molar-refractivity contribution in [2.45, 2.75) is 31.7 Å². The van der Waals surface area contributed by atoms with Crippen molar-refractivity contribution in [1.29, 1.82) is 0 Å². The van der Waals surface area contributed by atoms with Crippen LogP contribution in [0.1, 0.15) is 31.7 Å². The Morgan fingerprint density at radius 1 is 1.33 bits per heavy atom. The van der Waals surface area contributed by atoms with Crippen LogP contribution >= 0.6 is 15.9 Å². The number of hydrogen-bond acceptors (Lipinski definition) is 3. The molecule has 3 nitrogen and oxygen atoms in total. The molecule has 4 heteroatoms. The second-order valence-corrected chi connectivity index (χ2v) is 5.42. The number of halogens is 1. The normalized spacial score (nSPS) is 23.1. The minimum absolute atomic E-state index is 0.0418. The number of benzene rings is 1. The third-order valence-electron chi connectivity index (χ3n) is 3.85. The first-order valence-corrected chi connectivity index (χ1v) is 7.14. The van der Waals surface area contributed by atoms with Gasteiger partial charge < -0.3 is 14.8 Å². The first-order valence-electron chi connectivity index (χ1n) is 6.34. The van der Waals surface area contributed by atoms with Crippen molar-refractivity contribution < 1.29 is 9.47 Å². The van der Waals surface area contributed by atoms with E-state index in [2.05, 4.69) is 34.2 Å². The zero-order valence-corrected chi connectivity index (χ0v) is 12.8. The van der Waals surface area contributed by atoms with Crippen LogP contribution < -0.4 is 14.8 Å². The summed E-state index contributed by atoms with van der Waals surface area (Å²) in [5.41, 5.74) is 1.26. The Morgan fingerprint density at radius 2 is 2.11 bits per heavy atom. The van der Waals surface area contributed by atoms with Gasteiger partial charge in [0.25, 0.3) is 0 Å². The molecule has 1 aromatic rings. The van der Waals surface area contributed by atoms with E-state index >= 15 is 0 Å². The summed E-state index contributed by atoms with van der Waals surface area (Å²) in [6, 6.07) is 4.11. The molecule has 100 valence electrons. The highest BCUT2D eigenvalue weighted by atomic mass is 79.9. The summed E-state index contributed by atoms with van der Waals surface area (Å²) >= 11 is 3.58. The molecule has 1 fully saturated rings. The summed E-state index contributed by atoms with van der Waals surface area (Å²) in [7, 11) is 3.38. The lowest BCUT2D eigenvalue weighted by Crippen LogP contribution is -2.36. The van der Waals surface area contributed by atoms with Gasteiger partial charge in [-0.15, -0.1) is 0 Å². The van der Waals surface area contributed by atoms with Crippen LogP contribution in [0.25, 0.3) is 0 Å². The van der Waals surface area contributed by atoms with Crippen LogP contribution in [0, 0.1) is 0 Å². The molecule has 0 spiro atoms. The van der Waals surface area contributed by atoms with E-state index in [9.17, 15) is 0 Å². The van der Waals surface area contributed by atoms with Crippen LogP contribution in [-0.4, -0.2) is 20.8 Å². The standard InChI is InChI=1S/C14H20BrNO2/c1-4-14(8-5-9-16-14)10-6-7-11(17-2)12(15)13(10)18-3/h6-7,16H,4-5,8-9H2,1-3H3. The number of nitrogens with one attached hydrogen (secondary N) is 1. The summed E-state index contributed by atoms with van der Waals surface area (Å²) in [5.74, 6) is 1.69. The van der Waals surface area contributed by atoms with Gasteiger partial charge in [-0.3, -0.25) is 0 Å². The fourth-order valence-electron chi connectivity index (χ4n) is 2.80. The molecular formula is C14H20BrNO2. The molecule has 0 bridgehead atoms. The molecule has 1 aromatic carbocycles. The lowest BCUT2D eigenvalue weighted by atomic mass is 9.85. The van der Waals surface area contributed by atoms with Crippen molar-refractivity contribution in [3.63, 3.8) is 0 Å². The highest BCUT2D eigenvalue weighted by molar-refractivity contribution is 9.10. The summed E-state index contributed by atoms with van der Waals surface area (Å²) in [5, 5.41) is 3.63. The molecule has 1 aliphatic rings. The van der Waals surface area contributed by atoms with Crippen LogP contribution in [0.3, 0.4) is 0 Å². The zero-order valence-electron chi connectivity index (χ0n) is 11.2. The van der Waals surface area contributed by atoms with Gasteiger partial charge in [-0.05, 0) is 53.9 Å². The largest absolute Gasteiger partial charge is 0.495 e. The Balaban J connectivity index is 2.53. The Bertz CT molecular complexity index is 428. The lowest BCUT2D eigenvalue weighted by Gasteiger charge is -2.31. The molecule has 1 unspecified atom stereocenters. The van der Waals surface area contributed by atoms with Gasteiger partial charge in [-0.2, -0.15) is 0 Å². The molecule has 1 heterocycles. The van der Waals surface area contributed by atoms with E-state index in [0.29, 0.717) is 0 Å². The summed E-state index contributed by atoms with van der Waals surface area (Å²) in [4.78, 5) is 0. The first kappa shape index (κ1) is 13.7. The van der Waals surface area contributed by atoms with E-state index in [1.807, 2.05) is 6.07 Å². The lowest BCUT2D eigenvalue weighted by molar-refractivity contribution is 0.336. The molecule has 0 amide bonds. The first-order chi connectivity index (χ1) is 8.68. The minimum atomic E-state index is 0.0418. The van der Waals surface area contributed by atoms with Gasteiger partial charge in [-0.1, -0.05) is 6.92 Å². The van der Waals surface area contributed by atoms with Gasteiger partial charge >= 0.3 is 0 Å². The summed E-state index contributed by atoms with van der Waals surface area (Å²) in [6.45, 7) is 3.29. The van der Waals surface area contributed by atoms with Crippen LogP contribution in [0.15, 0.2) is 16.6 Å². The van der Waals surface area contributed by atoms with Crippen molar-refractivity contribution in [2.75, 3.05) is 20.8 Å². The molecule has 0 radical (unpaired) electrons. The van der Waals surface area contributed by atoms with Gasteiger partial charge in [0.15, 0.2) is 0 Å². The maximum absolute atomic E-state index is 5.59. The van der Waals surface area contributed by atoms with Crippen molar-refractivity contribution in [2.24, 2.45) is 0 Å². The molecule has 1 atom stereocenters. The van der Waals surface area contributed by atoms with Gasteiger partial charge in [-0.25, -0.2) is 0 Å². The molecule has 1 saturated heterocycles. The van der Waals surface area contributed by atoms with Crippen LogP contribution in [-0.2, 0) is 5.54 Å². The average molecular weight is 314 g/mol. The van der Waals surface area contributed by atoms with Crippen LogP contribution in [0.2, 0.25) is 0 Å². The third kappa shape index (κ3) is 2.12.